The Morgan fingerprint density at radius 1 is 1.10 bits per heavy atom. The fourth-order valence-corrected chi connectivity index (χ4v) is 2.94. The van der Waals surface area contributed by atoms with Crippen molar-refractivity contribution in [2.45, 2.75) is 13.0 Å². The molecular formula is C22H27IN6O. The van der Waals surface area contributed by atoms with Crippen LogP contribution >= 0.6 is 24.0 Å². The number of H-pyrrole nitrogens is 1. The lowest BCUT2D eigenvalue weighted by molar-refractivity contribution is 0.0963. The molecule has 7 nitrogen and oxygen atoms in total. The van der Waals surface area contributed by atoms with Gasteiger partial charge in [0.25, 0.3) is 5.91 Å². The van der Waals surface area contributed by atoms with E-state index in [2.05, 4.69) is 30.9 Å². The molecule has 0 aliphatic carbocycles. The number of aromatic nitrogens is 2. The Hall–Kier alpha value is -2.88. The molecule has 0 unspecified atom stereocenters. The van der Waals surface area contributed by atoms with Crippen LogP contribution in [-0.4, -0.2) is 42.5 Å². The predicted molar refractivity (Wildman–Crippen MR) is 131 cm³/mol. The second-order valence-electron chi connectivity index (χ2n) is 6.49. The maximum Gasteiger partial charge on any atom is 0.251 e. The smallest absolute Gasteiger partial charge is 0.251 e. The first-order valence-electron chi connectivity index (χ1n) is 9.54. The molecule has 0 saturated carbocycles. The molecule has 0 fully saturated rings. The molecule has 3 aromatic rings. The molecule has 0 radical (unpaired) electrons. The number of benzene rings is 2. The Morgan fingerprint density at radius 2 is 1.90 bits per heavy atom. The number of aromatic amines is 1. The highest BCUT2D eigenvalue weighted by Crippen LogP contribution is 2.15. The largest absolute Gasteiger partial charge is 0.356 e. The SMILES string of the molecule is CN=C(NCCc1cccc(C(=O)NC)c1)NCc1ncc(-c2ccccc2)[nH]1.I. The molecule has 1 heterocycles. The zero-order valence-electron chi connectivity index (χ0n) is 17.1. The molecule has 0 atom stereocenters. The lowest BCUT2D eigenvalue weighted by Gasteiger charge is -2.11. The van der Waals surface area contributed by atoms with Crippen LogP contribution in [0.2, 0.25) is 0 Å². The lowest BCUT2D eigenvalue weighted by Crippen LogP contribution is -2.38. The van der Waals surface area contributed by atoms with Crippen LogP contribution in [-0.2, 0) is 13.0 Å². The second kappa shape index (κ2) is 12.0. The van der Waals surface area contributed by atoms with Gasteiger partial charge in [0.15, 0.2) is 5.96 Å². The number of aliphatic imine (C=N–C) groups is 1. The van der Waals surface area contributed by atoms with Gasteiger partial charge >= 0.3 is 0 Å². The lowest BCUT2D eigenvalue weighted by atomic mass is 10.1. The normalized spacial score (nSPS) is 10.8. The minimum Gasteiger partial charge on any atom is -0.356 e. The number of carbonyl (C=O) groups excluding carboxylic acids is 1. The number of imidazole rings is 1. The van der Waals surface area contributed by atoms with E-state index in [0.29, 0.717) is 24.6 Å². The Kier molecular flexibility index (Phi) is 9.33. The summed E-state index contributed by atoms with van der Waals surface area (Å²) < 4.78 is 0. The van der Waals surface area contributed by atoms with Crippen molar-refractivity contribution < 1.29 is 4.79 Å². The van der Waals surface area contributed by atoms with E-state index in [1.54, 1.807) is 14.1 Å². The van der Waals surface area contributed by atoms with E-state index in [-0.39, 0.29) is 29.9 Å². The van der Waals surface area contributed by atoms with Gasteiger partial charge in [-0.1, -0.05) is 42.5 Å². The minimum absolute atomic E-state index is 0. The van der Waals surface area contributed by atoms with E-state index in [4.69, 9.17) is 0 Å². The van der Waals surface area contributed by atoms with Crippen LogP contribution in [0, 0.1) is 0 Å². The highest BCUT2D eigenvalue weighted by Gasteiger charge is 2.06. The Labute approximate surface area is 193 Å². The highest BCUT2D eigenvalue weighted by atomic mass is 127. The topological polar surface area (TPSA) is 94.2 Å². The zero-order valence-corrected chi connectivity index (χ0v) is 19.4. The quantitative estimate of drug-likeness (QED) is 0.220. The number of hydrogen-bond donors (Lipinski definition) is 4. The van der Waals surface area contributed by atoms with Gasteiger partial charge in [-0.05, 0) is 29.7 Å². The summed E-state index contributed by atoms with van der Waals surface area (Å²) in [5, 5.41) is 9.19. The molecule has 0 bridgehead atoms. The van der Waals surface area contributed by atoms with Gasteiger partial charge in [0.2, 0.25) is 0 Å². The molecule has 0 aliphatic rings. The Bertz CT molecular complexity index is 971. The summed E-state index contributed by atoms with van der Waals surface area (Å²) in [5.41, 5.74) is 3.85. The standard InChI is InChI=1S/C22H26N6O.HI/c1-23-21(29)18-10-6-7-16(13-18)11-12-25-22(24-2)27-15-20-26-14-19(28-20)17-8-4-3-5-9-17;/h3-10,13-14H,11-12,15H2,1-2H3,(H,23,29)(H,26,28)(H2,24,25,27);1H. The summed E-state index contributed by atoms with van der Waals surface area (Å²) in [5.74, 6) is 1.46. The molecule has 3 rings (SSSR count). The van der Waals surface area contributed by atoms with Crippen LogP contribution in [0.5, 0.6) is 0 Å². The molecule has 0 spiro atoms. The van der Waals surface area contributed by atoms with E-state index < -0.39 is 0 Å². The molecule has 0 saturated heterocycles. The number of amides is 1. The van der Waals surface area contributed by atoms with Crippen LogP contribution in [0.25, 0.3) is 11.3 Å². The van der Waals surface area contributed by atoms with E-state index >= 15 is 0 Å². The molecule has 4 N–H and O–H groups in total. The fourth-order valence-electron chi connectivity index (χ4n) is 2.94. The van der Waals surface area contributed by atoms with Crippen molar-refractivity contribution in [3.63, 3.8) is 0 Å². The summed E-state index contributed by atoms with van der Waals surface area (Å²) in [6.45, 7) is 1.24. The summed E-state index contributed by atoms with van der Waals surface area (Å²) in [4.78, 5) is 23.7. The van der Waals surface area contributed by atoms with Crippen LogP contribution < -0.4 is 16.0 Å². The number of carbonyl (C=O) groups is 1. The second-order valence-corrected chi connectivity index (χ2v) is 6.49. The maximum absolute atomic E-state index is 11.7. The molecule has 0 aliphatic heterocycles. The number of rotatable bonds is 7. The van der Waals surface area contributed by atoms with Gasteiger partial charge in [0.1, 0.15) is 5.82 Å². The number of nitrogens with zero attached hydrogens (tertiary/aromatic N) is 2. The first kappa shape index (κ1) is 23.4. The van der Waals surface area contributed by atoms with E-state index in [9.17, 15) is 4.79 Å². The van der Waals surface area contributed by atoms with E-state index in [1.165, 1.54) is 0 Å². The first-order chi connectivity index (χ1) is 14.2. The van der Waals surface area contributed by atoms with Crippen molar-refractivity contribution in [1.82, 2.24) is 25.9 Å². The number of guanidine groups is 1. The number of hydrogen-bond acceptors (Lipinski definition) is 3. The molecule has 30 heavy (non-hydrogen) atoms. The van der Waals surface area contributed by atoms with Crippen LogP contribution in [0.15, 0.2) is 65.8 Å². The predicted octanol–water partition coefficient (Wildman–Crippen LogP) is 2.96. The summed E-state index contributed by atoms with van der Waals surface area (Å²) in [7, 11) is 3.37. The van der Waals surface area contributed by atoms with Crippen molar-refractivity contribution in [1.29, 1.82) is 0 Å². The van der Waals surface area contributed by atoms with E-state index in [0.717, 1.165) is 29.1 Å². The van der Waals surface area contributed by atoms with Gasteiger partial charge in [-0.15, -0.1) is 24.0 Å². The highest BCUT2D eigenvalue weighted by molar-refractivity contribution is 14.0. The number of nitrogens with one attached hydrogen (secondary N) is 4. The van der Waals surface area contributed by atoms with Crippen LogP contribution in [0.4, 0.5) is 0 Å². The van der Waals surface area contributed by atoms with Crippen molar-refractivity contribution in [3.8, 4) is 11.3 Å². The molecule has 1 aromatic heterocycles. The molecule has 8 heteroatoms. The van der Waals surface area contributed by atoms with Gasteiger partial charge in [-0.2, -0.15) is 0 Å². The third-order valence-electron chi connectivity index (χ3n) is 4.48. The summed E-state index contributed by atoms with van der Waals surface area (Å²) in [6, 6.07) is 17.7. The van der Waals surface area contributed by atoms with Gasteiger partial charge in [-0.25, -0.2) is 4.98 Å². The summed E-state index contributed by atoms with van der Waals surface area (Å²) in [6.07, 6.45) is 2.62. The first-order valence-corrected chi connectivity index (χ1v) is 9.54. The molecule has 2 aromatic carbocycles. The number of halogens is 1. The summed E-state index contributed by atoms with van der Waals surface area (Å²) >= 11 is 0. The fraction of sp³-hybridized carbons (Fsp3) is 0.227. The molecule has 158 valence electrons. The average Bonchev–Trinajstić information content (AvgIpc) is 3.25. The van der Waals surface area contributed by atoms with Gasteiger partial charge < -0.3 is 20.9 Å². The van der Waals surface area contributed by atoms with Crippen molar-refractivity contribution in [2.24, 2.45) is 4.99 Å². The van der Waals surface area contributed by atoms with Crippen LogP contribution in [0.1, 0.15) is 21.7 Å². The van der Waals surface area contributed by atoms with Gasteiger partial charge in [0.05, 0.1) is 18.4 Å². The third-order valence-corrected chi connectivity index (χ3v) is 4.48. The van der Waals surface area contributed by atoms with Gasteiger partial charge in [-0.3, -0.25) is 9.79 Å². The monoisotopic (exact) mass is 518 g/mol. The van der Waals surface area contributed by atoms with Crippen molar-refractivity contribution in [3.05, 3.63) is 77.7 Å². The zero-order chi connectivity index (χ0) is 20.5. The van der Waals surface area contributed by atoms with E-state index in [1.807, 2.05) is 60.8 Å². The minimum atomic E-state index is -0.0781. The molecular weight excluding hydrogens is 491 g/mol. The van der Waals surface area contributed by atoms with Crippen molar-refractivity contribution in [2.75, 3.05) is 20.6 Å². The molecule has 1 amide bonds. The van der Waals surface area contributed by atoms with Crippen LogP contribution in [0.3, 0.4) is 0 Å². The maximum atomic E-state index is 11.7. The van der Waals surface area contributed by atoms with Gasteiger partial charge in [0, 0.05) is 26.2 Å². The Balaban J connectivity index is 0.00000320. The Morgan fingerprint density at radius 3 is 2.63 bits per heavy atom. The average molecular weight is 518 g/mol. The van der Waals surface area contributed by atoms with Crippen molar-refractivity contribution >= 4 is 35.8 Å². The third kappa shape index (κ3) is 6.58.